The molecule has 1 aliphatic heterocycles. The number of nitrogens with one attached hydrogen (secondary N) is 1. The van der Waals surface area contributed by atoms with Gasteiger partial charge in [-0.05, 0) is 37.3 Å². The molecule has 1 unspecified atom stereocenters. The van der Waals surface area contributed by atoms with E-state index in [0.29, 0.717) is 23.1 Å². The van der Waals surface area contributed by atoms with Crippen molar-refractivity contribution in [2.24, 2.45) is 5.41 Å². The Balaban J connectivity index is 2.01. The molecule has 2 aromatic rings. The van der Waals surface area contributed by atoms with Gasteiger partial charge < -0.3 is 4.74 Å². The van der Waals surface area contributed by atoms with Crippen LogP contribution in [0.15, 0.2) is 36.4 Å². The maximum atomic E-state index is 14.3. The number of carbonyl (C=O) groups is 1. The SMILES string of the molecule is CCCCCCOc1cccc2cccc(C(N3CC(C)(C)C(=O)N3)C(F)(F)F)c12. The van der Waals surface area contributed by atoms with E-state index in [1.807, 2.05) is 0 Å². The lowest BCUT2D eigenvalue weighted by Crippen LogP contribution is -2.43. The molecular weight excluding hydrogens is 393 g/mol. The topological polar surface area (TPSA) is 41.6 Å². The smallest absolute Gasteiger partial charge is 0.409 e. The van der Waals surface area contributed by atoms with Gasteiger partial charge in [0, 0.05) is 11.9 Å². The van der Waals surface area contributed by atoms with E-state index >= 15 is 0 Å². The van der Waals surface area contributed by atoms with Crippen molar-refractivity contribution in [1.82, 2.24) is 10.4 Å². The number of amides is 1. The maximum Gasteiger partial charge on any atom is 0.409 e. The number of rotatable bonds is 8. The number of hydrazine groups is 1. The molecule has 0 bridgehead atoms. The summed E-state index contributed by atoms with van der Waals surface area (Å²) < 4.78 is 48.7. The predicted molar refractivity (Wildman–Crippen MR) is 111 cm³/mol. The highest BCUT2D eigenvalue weighted by atomic mass is 19.4. The zero-order valence-electron chi connectivity index (χ0n) is 17.7. The van der Waals surface area contributed by atoms with E-state index in [0.717, 1.165) is 30.7 Å². The van der Waals surface area contributed by atoms with Crippen LogP contribution in [-0.2, 0) is 4.79 Å². The molecule has 2 aromatic carbocycles. The summed E-state index contributed by atoms with van der Waals surface area (Å²) in [4.78, 5) is 12.2. The van der Waals surface area contributed by atoms with Crippen LogP contribution >= 0.6 is 0 Å². The van der Waals surface area contributed by atoms with Gasteiger partial charge in [-0.2, -0.15) is 13.2 Å². The Kier molecular flexibility index (Phi) is 6.60. The molecule has 0 aromatic heterocycles. The van der Waals surface area contributed by atoms with Crippen molar-refractivity contribution in [2.75, 3.05) is 13.2 Å². The number of alkyl halides is 3. The van der Waals surface area contributed by atoms with Gasteiger partial charge in [0.15, 0.2) is 6.04 Å². The largest absolute Gasteiger partial charge is 0.493 e. The number of ether oxygens (including phenoxy) is 1. The van der Waals surface area contributed by atoms with E-state index < -0.39 is 23.5 Å². The Morgan fingerprint density at radius 3 is 2.43 bits per heavy atom. The second-order valence-electron chi connectivity index (χ2n) is 8.51. The molecule has 1 saturated heterocycles. The highest BCUT2D eigenvalue weighted by Crippen LogP contribution is 2.44. The molecule has 0 aliphatic carbocycles. The van der Waals surface area contributed by atoms with Gasteiger partial charge in [0.25, 0.3) is 0 Å². The van der Waals surface area contributed by atoms with Gasteiger partial charge in [-0.25, -0.2) is 5.01 Å². The molecule has 164 valence electrons. The quantitative estimate of drug-likeness (QED) is 0.549. The van der Waals surface area contributed by atoms with Crippen LogP contribution in [-0.4, -0.2) is 30.2 Å². The van der Waals surface area contributed by atoms with Crippen molar-refractivity contribution in [3.8, 4) is 5.75 Å². The van der Waals surface area contributed by atoms with Gasteiger partial charge >= 0.3 is 6.18 Å². The minimum atomic E-state index is -4.57. The summed E-state index contributed by atoms with van der Waals surface area (Å²) in [5.41, 5.74) is 1.62. The van der Waals surface area contributed by atoms with Crippen LogP contribution in [0.25, 0.3) is 10.8 Å². The molecule has 7 heteroatoms. The zero-order valence-corrected chi connectivity index (χ0v) is 17.7. The first-order valence-electron chi connectivity index (χ1n) is 10.4. The number of hydrogen-bond donors (Lipinski definition) is 1. The van der Waals surface area contributed by atoms with Crippen molar-refractivity contribution in [1.29, 1.82) is 0 Å². The first kappa shape index (κ1) is 22.4. The van der Waals surface area contributed by atoms with Crippen molar-refractivity contribution in [2.45, 2.75) is 58.7 Å². The second-order valence-corrected chi connectivity index (χ2v) is 8.51. The fourth-order valence-corrected chi connectivity index (χ4v) is 3.89. The van der Waals surface area contributed by atoms with E-state index in [4.69, 9.17) is 4.74 Å². The minimum absolute atomic E-state index is 0.0353. The molecule has 4 nitrogen and oxygen atoms in total. The Bertz CT molecular complexity index is 890. The van der Waals surface area contributed by atoms with Crippen molar-refractivity contribution in [3.05, 3.63) is 42.0 Å². The summed E-state index contributed by atoms with van der Waals surface area (Å²) in [5.74, 6) is 0.0306. The summed E-state index contributed by atoms with van der Waals surface area (Å²) in [6.45, 7) is 5.82. The van der Waals surface area contributed by atoms with Crippen molar-refractivity contribution < 1.29 is 22.7 Å². The average molecular weight is 422 g/mol. The summed E-state index contributed by atoms with van der Waals surface area (Å²) in [6, 6.07) is 8.19. The Labute approximate surface area is 175 Å². The van der Waals surface area contributed by atoms with E-state index in [1.165, 1.54) is 6.07 Å². The predicted octanol–water partition coefficient (Wildman–Crippen LogP) is 5.78. The average Bonchev–Trinajstić information content (AvgIpc) is 2.92. The van der Waals surface area contributed by atoms with Crippen LogP contribution in [0.1, 0.15) is 58.1 Å². The number of unbranched alkanes of at least 4 members (excludes halogenated alkanes) is 3. The van der Waals surface area contributed by atoms with E-state index in [2.05, 4.69) is 12.3 Å². The summed E-state index contributed by atoms with van der Waals surface area (Å²) >= 11 is 0. The molecule has 1 fully saturated rings. The molecule has 1 amide bonds. The van der Waals surface area contributed by atoms with Gasteiger partial charge in [-0.1, -0.05) is 56.5 Å². The third kappa shape index (κ3) is 4.72. The summed E-state index contributed by atoms with van der Waals surface area (Å²) in [7, 11) is 0. The fourth-order valence-electron chi connectivity index (χ4n) is 3.89. The van der Waals surface area contributed by atoms with Crippen LogP contribution in [0.4, 0.5) is 13.2 Å². The van der Waals surface area contributed by atoms with Crippen LogP contribution in [0.3, 0.4) is 0 Å². The molecule has 0 radical (unpaired) electrons. The fraction of sp³-hybridized carbons (Fsp3) is 0.522. The molecule has 0 spiro atoms. The Morgan fingerprint density at radius 1 is 1.13 bits per heavy atom. The van der Waals surface area contributed by atoms with Crippen LogP contribution in [0.2, 0.25) is 0 Å². The first-order valence-corrected chi connectivity index (χ1v) is 10.4. The number of carbonyl (C=O) groups excluding carboxylic acids is 1. The van der Waals surface area contributed by atoms with Crippen LogP contribution in [0, 0.1) is 5.41 Å². The molecule has 1 heterocycles. The highest BCUT2D eigenvalue weighted by molar-refractivity contribution is 5.92. The highest BCUT2D eigenvalue weighted by Gasteiger charge is 2.51. The first-order chi connectivity index (χ1) is 14.1. The zero-order chi connectivity index (χ0) is 21.9. The lowest BCUT2D eigenvalue weighted by atomic mass is 9.93. The molecule has 0 saturated carbocycles. The normalized spacial score (nSPS) is 17.9. The minimum Gasteiger partial charge on any atom is -0.493 e. The second kappa shape index (κ2) is 8.84. The van der Waals surface area contributed by atoms with Crippen molar-refractivity contribution in [3.63, 3.8) is 0 Å². The van der Waals surface area contributed by atoms with E-state index in [9.17, 15) is 18.0 Å². The number of hydrogen-bond acceptors (Lipinski definition) is 3. The standard InChI is InChI=1S/C23H29F3N2O2/c1-4-5-6-7-14-30-18-13-9-11-16-10-8-12-17(19(16)18)20(23(24,25)26)28-15-22(2,3)21(29)27-28/h8-13,20H,4-7,14-15H2,1-3H3,(H,27,29). The van der Waals surface area contributed by atoms with Crippen molar-refractivity contribution >= 4 is 16.7 Å². The maximum absolute atomic E-state index is 14.3. The third-order valence-electron chi connectivity index (χ3n) is 5.50. The number of benzene rings is 2. The molecule has 3 rings (SSSR count). The third-order valence-corrected chi connectivity index (χ3v) is 5.50. The Morgan fingerprint density at radius 2 is 1.83 bits per heavy atom. The summed E-state index contributed by atoms with van der Waals surface area (Å²) in [6.07, 6.45) is -0.496. The Hall–Kier alpha value is -2.28. The number of nitrogens with zero attached hydrogens (tertiary/aromatic N) is 1. The lowest BCUT2D eigenvalue weighted by Gasteiger charge is -2.31. The van der Waals surface area contributed by atoms with E-state index in [-0.39, 0.29) is 12.1 Å². The van der Waals surface area contributed by atoms with Gasteiger partial charge in [0.1, 0.15) is 5.75 Å². The lowest BCUT2D eigenvalue weighted by molar-refractivity contribution is -0.191. The van der Waals surface area contributed by atoms with Gasteiger partial charge in [0.2, 0.25) is 5.91 Å². The van der Waals surface area contributed by atoms with Crippen LogP contribution in [0.5, 0.6) is 5.75 Å². The number of fused-ring (bicyclic) bond motifs is 1. The molecule has 1 atom stereocenters. The molecule has 30 heavy (non-hydrogen) atoms. The van der Waals surface area contributed by atoms with E-state index in [1.54, 1.807) is 44.2 Å². The number of halogens is 3. The van der Waals surface area contributed by atoms with Gasteiger partial charge in [-0.15, -0.1) is 0 Å². The van der Waals surface area contributed by atoms with Gasteiger partial charge in [-0.3, -0.25) is 10.2 Å². The summed E-state index contributed by atoms with van der Waals surface area (Å²) in [5, 5.41) is 2.13. The van der Waals surface area contributed by atoms with Crippen LogP contribution < -0.4 is 10.2 Å². The molecule has 1 aliphatic rings. The van der Waals surface area contributed by atoms with Gasteiger partial charge in [0.05, 0.1) is 12.0 Å². The molecule has 1 N–H and O–H groups in total. The molecular formula is C23H29F3N2O2. The monoisotopic (exact) mass is 422 g/mol.